The van der Waals surface area contributed by atoms with Gasteiger partial charge in [0.2, 0.25) is 10.0 Å². The van der Waals surface area contributed by atoms with Crippen LogP contribution in [0.5, 0.6) is 0 Å². The van der Waals surface area contributed by atoms with Gasteiger partial charge >= 0.3 is 0 Å². The van der Waals surface area contributed by atoms with Crippen LogP contribution >= 0.6 is 23.2 Å². The molecule has 27 heavy (non-hydrogen) atoms. The lowest BCUT2D eigenvalue weighted by Gasteiger charge is -2.20. The number of aliphatic imine (C=N–C) groups is 1. The summed E-state index contributed by atoms with van der Waals surface area (Å²) < 4.78 is 25.6. The highest BCUT2D eigenvalue weighted by Gasteiger charge is 2.16. The van der Waals surface area contributed by atoms with E-state index >= 15 is 0 Å². The fourth-order valence-electron chi connectivity index (χ4n) is 2.81. The topological polar surface area (TPSA) is 61.8 Å². The number of likely N-dealkylation sites (N-methyl/N-ethyl adjacent to an activating group) is 1. The SMILES string of the molecule is CN1CCN=C(/C=C/c2ccc(Cl)c(Cl)c2)c2cc(NS(C)(=O)=O)ccc21. The third-order valence-corrected chi connectivity index (χ3v) is 5.43. The summed E-state index contributed by atoms with van der Waals surface area (Å²) in [6.07, 6.45) is 4.94. The van der Waals surface area contributed by atoms with Gasteiger partial charge in [-0.05, 0) is 42.0 Å². The monoisotopic (exact) mass is 423 g/mol. The Kier molecular flexibility index (Phi) is 5.79. The summed E-state index contributed by atoms with van der Waals surface area (Å²) in [7, 11) is -1.37. The number of halogens is 2. The van der Waals surface area contributed by atoms with E-state index in [9.17, 15) is 8.42 Å². The molecule has 0 aliphatic carbocycles. The van der Waals surface area contributed by atoms with Crippen LogP contribution in [0.2, 0.25) is 10.0 Å². The summed E-state index contributed by atoms with van der Waals surface area (Å²) in [5.41, 5.74) is 4.03. The van der Waals surface area contributed by atoms with Gasteiger partial charge in [-0.25, -0.2) is 8.42 Å². The molecule has 142 valence electrons. The van der Waals surface area contributed by atoms with Crippen molar-refractivity contribution in [1.29, 1.82) is 0 Å². The molecule has 1 heterocycles. The van der Waals surface area contributed by atoms with E-state index < -0.39 is 10.0 Å². The second-order valence-corrected chi connectivity index (χ2v) is 8.86. The quantitative estimate of drug-likeness (QED) is 0.796. The lowest BCUT2D eigenvalue weighted by Crippen LogP contribution is -2.20. The van der Waals surface area contributed by atoms with E-state index in [0.29, 0.717) is 22.3 Å². The van der Waals surface area contributed by atoms with Crippen LogP contribution in [0, 0.1) is 0 Å². The van der Waals surface area contributed by atoms with Crippen molar-refractivity contribution in [2.45, 2.75) is 0 Å². The average Bonchev–Trinajstić information content (AvgIpc) is 2.73. The van der Waals surface area contributed by atoms with Crippen LogP contribution in [0.3, 0.4) is 0 Å². The van der Waals surface area contributed by atoms with Gasteiger partial charge in [0.05, 0.1) is 28.6 Å². The zero-order valence-corrected chi connectivity index (χ0v) is 17.2. The summed E-state index contributed by atoms with van der Waals surface area (Å²) in [6, 6.07) is 10.9. The van der Waals surface area contributed by atoms with Crippen LogP contribution in [-0.2, 0) is 10.0 Å². The minimum absolute atomic E-state index is 0.487. The maximum absolute atomic E-state index is 11.6. The van der Waals surface area contributed by atoms with Gasteiger partial charge in [-0.1, -0.05) is 35.3 Å². The smallest absolute Gasteiger partial charge is 0.229 e. The Morgan fingerprint density at radius 1 is 1.11 bits per heavy atom. The van der Waals surface area contributed by atoms with Crippen molar-refractivity contribution < 1.29 is 8.42 Å². The lowest BCUT2D eigenvalue weighted by molar-refractivity contribution is 0.607. The Morgan fingerprint density at radius 2 is 1.89 bits per heavy atom. The van der Waals surface area contributed by atoms with Gasteiger partial charge in [0.15, 0.2) is 0 Å². The van der Waals surface area contributed by atoms with Crippen LogP contribution in [0.25, 0.3) is 6.08 Å². The normalized spacial score (nSPS) is 14.7. The summed E-state index contributed by atoms with van der Waals surface area (Å²) in [5.74, 6) is 0. The fraction of sp³-hybridized carbons (Fsp3) is 0.211. The number of allylic oxidation sites excluding steroid dienone is 1. The van der Waals surface area contributed by atoms with Gasteiger partial charge in [-0.15, -0.1) is 0 Å². The first kappa shape index (κ1) is 19.7. The number of hydrogen-bond acceptors (Lipinski definition) is 4. The van der Waals surface area contributed by atoms with E-state index in [1.807, 2.05) is 31.3 Å². The van der Waals surface area contributed by atoms with Crippen LogP contribution < -0.4 is 9.62 Å². The molecule has 3 rings (SSSR count). The largest absolute Gasteiger partial charge is 0.372 e. The predicted octanol–water partition coefficient (Wildman–Crippen LogP) is 4.32. The molecule has 1 aliphatic rings. The molecular formula is C19H19Cl2N3O2S. The molecule has 2 aromatic rings. The van der Waals surface area contributed by atoms with Crippen LogP contribution in [-0.4, -0.2) is 40.5 Å². The number of hydrogen-bond donors (Lipinski definition) is 1. The zero-order chi connectivity index (χ0) is 19.6. The van der Waals surface area contributed by atoms with Gasteiger partial charge in [-0.2, -0.15) is 0 Å². The van der Waals surface area contributed by atoms with Crippen molar-refractivity contribution in [3.8, 4) is 0 Å². The summed E-state index contributed by atoms with van der Waals surface area (Å²) in [6.45, 7) is 1.41. The lowest BCUT2D eigenvalue weighted by atomic mass is 10.0. The minimum Gasteiger partial charge on any atom is -0.372 e. The van der Waals surface area contributed by atoms with Crippen molar-refractivity contribution in [3.63, 3.8) is 0 Å². The van der Waals surface area contributed by atoms with Crippen molar-refractivity contribution in [1.82, 2.24) is 0 Å². The second-order valence-electron chi connectivity index (χ2n) is 6.30. The minimum atomic E-state index is -3.36. The number of nitrogens with zero attached hydrogens (tertiary/aromatic N) is 2. The van der Waals surface area contributed by atoms with Crippen molar-refractivity contribution in [2.24, 2.45) is 4.99 Å². The van der Waals surface area contributed by atoms with Gasteiger partial charge in [0, 0.05) is 30.5 Å². The maximum Gasteiger partial charge on any atom is 0.229 e. The maximum atomic E-state index is 11.6. The van der Waals surface area contributed by atoms with Crippen LogP contribution in [0.1, 0.15) is 11.1 Å². The fourth-order valence-corrected chi connectivity index (χ4v) is 3.67. The van der Waals surface area contributed by atoms with Gasteiger partial charge < -0.3 is 4.90 Å². The Balaban J connectivity index is 1.99. The first-order valence-electron chi connectivity index (χ1n) is 8.24. The Bertz CT molecular complexity index is 1030. The second kappa shape index (κ2) is 7.92. The van der Waals surface area contributed by atoms with E-state index in [1.165, 1.54) is 0 Å². The van der Waals surface area contributed by atoms with Crippen molar-refractivity contribution >= 4 is 56.4 Å². The predicted molar refractivity (Wildman–Crippen MR) is 115 cm³/mol. The number of anilines is 2. The number of benzodiazepines with no additional fused rings is 1. The highest BCUT2D eigenvalue weighted by atomic mass is 35.5. The summed E-state index contributed by atoms with van der Waals surface area (Å²) >= 11 is 12.0. The molecule has 0 amide bonds. The molecule has 5 nitrogen and oxygen atoms in total. The molecule has 0 fully saturated rings. The number of sulfonamides is 1. The molecule has 0 aromatic heterocycles. The van der Waals surface area contributed by atoms with Crippen molar-refractivity contribution in [3.05, 3.63) is 63.6 Å². The molecule has 1 N–H and O–H groups in total. The van der Waals surface area contributed by atoms with E-state index in [0.717, 1.165) is 35.3 Å². The van der Waals surface area contributed by atoms with Gasteiger partial charge in [-0.3, -0.25) is 9.71 Å². The first-order chi connectivity index (χ1) is 12.7. The van der Waals surface area contributed by atoms with E-state index in [1.54, 1.807) is 24.3 Å². The third-order valence-electron chi connectivity index (χ3n) is 4.08. The standard InChI is InChI=1S/C19H19Cl2N3O2S/c1-24-10-9-22-18(7-4-13-3-6-16(20)17(21)11-13)15-12-14(5-8-19(15)24)23-27(2,25)26/h3-8,11-12,23H,9-10H2,1-2H3/b7-4+. The van der Waals surface area contributed by atoms with Crippen molar-refractivity contribution in [2.75, 3.05) is 36.0 Å². The molecule has 8 heteroatoms. The van der Waals surface area contributed by atoms with Crippen LogP contribution in [0.15, 0.2) is 47.5 Å². The number of nitrogens with one attached hydrogen (secondary N) is 1. The number of benzene rings is 2. The summed E-state index contributed by atoms with van der Waals surface area (Å²) in [5, 5.41) is 0.991. The molecule has 0 saturated carbocycles. The molecule has 1 aliphatic heterocycles. The molecule has 2 aromatic carbocycles. The Hall–Kier alpha value is -2.02. The highest BCUT2D eigenvalue weighted by Crippen LogP contribution is 2.28. The molecule has 0 unspecified atom stereocenters. The van der Waals surface area contributed by atoms with Crippen LogP contribution in [0.4, 0.5) is 11.4 Å². The van der Waals surface area contributed by atoms with E-state index in [2.05, 4.69) is 14.6 Å². The molecule has 0 saturated heterocycles. The van der Waals surface area contributed by atoms with Gasteiger partial charge in [0.25, 0.3) is 0 Å². The molecule has 0 radical (unpaired) electrons. The number of fused-ring (bicyclic) bond motifs is 1. The molecule has 0 spiro atoms. The van der Waals surface area contributed by atoms with E-state index in [4.69, 9.17) is 23.2 Å². The molecule has 0 bridgehead atoms. The highest BCUT2D eigenvalue weighted by molar-refractivity contribution is 7.92. The zero-order valence-electron chi connectivity index (χ0n) is 14.9. The van der Waals surface area contributed by atoms with E-state index in [-0.39, 0.29) is 0 Å². The molecular weight excluding hydrogens is 405 g/mol. The third kappa shape index (κ3) is 5.03. The van der Waals surface area contributed by atoms with Gasteiger partial charge in [0.1, 0.15) is 0 Å². The average molecular weight is 424 g/mol. The number of rotatable bonds is 4. The first-order valence-corrected chi connectivity index (χ1v) is 10.9. The molecule has 0 atom stereocenters. The Labute approximate surface area is 169 Å². The Morgan fingerprint density at radius 3 is 2.59 bits per heavy atom. The summed E-state index contributed by atoms with van der Waals surface area (Å²) in [4.78, 5) is 6.76.